The molecule has 1 atom stereocenters. The van der Waals surface area contributed by atoms with E-state index < -0.39 is 5.72 Å². The van der Waals surface area contributed by atoms with Crippen LogP contribution in [0.3, 0.4) is 0 Å². The lowest BCUT2D eigenvalue weighted by atomic mass is 9.97. The van der Waals surface area contributed by atoms with Gasteiger partial charge in [-0.25, -0.2) is 9.97 Å². The maximum atomic E-state index is 13.1. The average molecular weight is 606 g/mol. The molecule has 11 heteroatoms. The molecular formula is C34H35N7O4. The lowest BCUT2D eigenvalue weighted by Crippen LogP contribution is -2.59. The van der Waals surface area contributed by atoms with Gasteiger partial charge in [0.25, 0.3) is 0 Å². The van der Waals surface area contributed by atoms with Crippen LogP contribution < -0.4 is 15.4 Å². The summed E-state index contributed by atoms with van der Waals surface area (Å²) in [7, 11) is 1.66. The molecule has 3 aromatic carbocycles. The number of fused-ring (bicyclic) bond motifs is 4. The van der Waals surface area contributed by atoms with Gasteiger partial charge in [0, 0.05) is 52.7 Å². The number of aryl methyl sites for hydroxylation is 3. The molecule has 0 radical (unpaired) electrons. The number of ether oxygens (including phenoxy) is 1. The highest BCUT2D eigenvalue weighted by Crippen LogP contribution is 2.42. The second-order valence-electron chi connectivity index (χ2n) is 11.9. The lowest BCUT2D eigenvalue weighted by Gasteiger charge is -2.37. The van der Waals surface area contributed by atoms with Crippen molar-refractivity contribution in [3.63, 3.8) is 0 Å². The molecule has 0 aliphatic carbocycles. The first-order chi connectivity index (χ1) is 21.6. The number of anilines is 1. The van der Waals surface area contributed by atoms with Gasteiger partial charge in [0.2, 0.25) is 5.91 Å². The summed E-state index contributed by atoms with van der Waals surface area (Å²) in [5.41, 5.74) is 5.59. The van der Waals surface area contributed by atoms with Crippen molar-refractivity contribution in [3.05, 3.63) is 65.8 Å². The molecule has 0 bridgehead atoms. The van der Waals surface area contributed by atoms with Gasteiger partial charge in [-0.15, -0.1) is 0 Å². The molecule has 0 spiro atoms. The van der Waals surface area contributed by atoms with Crippen molar-refractivity contribution in [2.75, 3.05) is 38.6 Å². The molecule has 0 unspecified atom stereocenters. The Morgan fingerprint density at radius 3 is 2.62 bits per heavy atom. The summed E-state index contributed by atoms with van der Waals surface area (Å²) in [5.74, 6) is 1.91. The summed E-state index contributed by atoms with van der Waals surface area (Å²) in [4.78, 5) is 28.3. The zero-order valence-electron chi connectivity index (χ0n) is 25.9. The van der Waals surface area contributed by atoms with Gasteiger partial charge in [-0.05, 0) is 51.3 Å². The van der Waals surface area contributed by atoms with Gasteiger partial charge in [0.15, 0.2) is 0 Å². The maximum absolute atomic E-state index is 13.1. The summed E-state index contributed by atoms with van der Waals surface area (Å²) in [6, 6.07) is 16.0. The largest absolute Gasteiger partial charge is 0.496 e. The molecule has 1 amide bonds. The number of β-amino-alcohol motifs (C(OH)–C–C–N with tert-alkyl or cyclic N) is 1. The molecule has 1 fully saturated rings. The van der Waals surface area contributed by atoms with E-state index >= 15 is 0 Å². The predicted octanol–water partition coefficient (Wildman–Crippen LogP) is 5.07. The van der Waals surface area contributed by atoms with E-state index in [4.69, 9.17) is 19.2 Å². The van der Waals surface area contributed by atoms with Crippen LogP contribution in [0.1, 0.15) is 24.2 Å². The highest BCUT2D eigenvalue weighted by atomic mass is 16.5. The normalized spacial score (nSPS) is 17.4. The molecule has 6 aromatic rings. The minimum atomic E-state index is -1.02. The van der Waals surface area contributed by atoms with E-state index in [9.17, 15) is 9.90 Å². The quantitative estimate of drug-likeness (QED) is 0.205. The average Bonchev–Trinajstić information content (AvgIpc) is 3.53. The molecule has 45 heavy (non-hydrogen) atoms. The number of piperazine rings is 1. The molecule has 11 nitrogen and oxygen atoms in total. The molecule has 3 aromatic heterocycles. The topological polar surface area (TPSA) is 141 Å². The van der Waals surface area contributed by atoms with Crippen LogP contribution in [0.2, 0.25) is 0 Å². The third-order valence-electron chi connectivity index (χ3n) is 8.47. The third-order valence-corrected chi connectivity index (χ3v) is 8.47. The number of hydrogen-bond acceptors (Lipinski definition) is 9. The fourth-order valence-electron chi connectivity index (χ4n) is 6.56. The number of aliphatic hydroxyl groups is 1. The van der Waals surface area contributed by atoms with Crippen LogP contribution >= 0.6 is 0 Å². The van der Waals surface area contributed by atoms with Crippen LogP contribution in [-0.2, 0) is 4.79 Å². The number of aromatic nitrogens is 4. The molecule has 1 aliphatic heterocycles. The van der Waals surface area contributed by atoms with Crippen molar-refractivity contribution >= 4 is 44.3 Å². The first kappa shape index (κ1) is 28.9. The highest BCUT2D eigenvalue weighted by molar-refractivity contribution is 6.17. The standard InChI is InChI=1S/C34H35N7O4/c1-18-30(19(2)45-40-18)25-14-27-24(15-28(25)44-5)31-32(36-20(3)37-33(31)39-27)23-10-11-26(22-9-7-6-8-21(22)23)38-29(42)16-41-13-12-35-34(4,43)17-41/h6-11,14-15,35,43H,12-13,16-17H2,1-5H3,(H,38,42)(H,36,37,39)/t34-/m0/s1. The van der Waals surface area contributed by atoms with E-state index in [1.54, 1.807) is 14.0 Å². The molecule has 230 valence electrons. The van der Waals surface area contributed by atoms with Gasteiger partial charge in [-0.1, -0.05) is 35.5 Å². The van der Waals surface area contributed by atoms with Crippen molar-refractivity contribution in [2.24, 2.45) is 0 Å². The van der Waals surface area contributed by atoms with Gasteiger partial charge in [-0.2, -0.15) is 0 Å². The molecule has 1 aliphatic rings. The predicted molar refractivity (Wildman–Crippen MR) is 174 cm³/mol. The lowest BCUT2D eigenvalue weighted by molar-refractivity contribution is -0.119. The molecule has 1 saturated heterocycles. The molecule has 0 saturated carbocycles. The van der Waals surface area contributed by atoms with Gasteiger partial charge < -0.3 is 24.7 Å². The maximum Gasteiger partial charge on any atom is 0.238 e. The molecule has 7 rings (SSSR count). The second kappa shape index (κ2) is 11.0. The van der Waals surface area contributed by atoms with E-state index in [0.29, 0.717) is 36.9 Å². The van der Waals surface area contributed by atoms with Gasteiger partial charge in [-0.3, -0.25) is 15.0 Å². The van der Waals surface area contributed by atoms with Crippen LogP contribution in [0.15, 0.2) is 53.1 Å². The third kappa shape index (κ3) is 5.18. The Bertz CT molecular complexity index is 2090. The van der Waals surface area contributed by atoms with E-state index in [0.717, 1.165) is 66.5 Å². The van der Waals surface area contributed by atoms with Crippen LogP contribution in [0.4, 0.5) is 5.69 Å². The SMILES string of the molecule is COc1cc2c(cc1-c1c(C)noc1C)[nH]c1nc(C)nc(-c3ccc(NC(=O)CN4CCN[C@@](C)(O)C4)c4ccccc34)c12. The van der Waals surface area contributed by atoms with E-state index in [2.05, 4.69) is 26.8 Å². The number of hydrogen-bond donors (Lipinski definition) is 4. The Morgan fingerprint density at radius 2 is 1.89 bits per heavy atom. The Labute approximate surface area is 259 Å². The number of carbonyl (C=O) groups excluding carboxylic acids is 1. The van der Waals surface area contributed by atoms with Crippen molar-refractivity contribution in [2.45, 2.75) is 33.4 Å². The van der Waals surface area contributed by atoms with Gasteiger partial charge >= 0.3 is 0 Å². The zero-order chi connectivity index (χ0) is 31.5. The van der Waals surface area contributed by atoms with Crippen LogP contribution in [-0.4, -0.2) is 75.0 Å². The minimum Gasteiger partial charge on any atom is -0.496 e. The number of H-pyrrole nitrogens is 1. The molecule has 4 N–H and O–H groups in total. The Morgan fingerprint density at radius 1 is 1.09 bits per heavy atom. The summed E-state index contributed by atoms with van der Waals surface area (Å²) >= 11 is 0. The van der Waals surface area contributed by atoms with Crippen molar-refractivity contribution in [1.82, 2.24) is 30.3 Å². The summed E-state index contributed by atoms with van der Waals surface area (Å²) in [6.45, 7) is 9.27. The minimum absolute atomic E-state index is 0.135. The molecular weight excluding hydrogens is 570 g/mol. The number of methoxy groups -OCH3 is 1. The van der Waals surface area contributed by atoms with E-state index in [1.165, 1.54) is 0 Å². The van der Waals surface area contributed by atoms with Gasteiger partial charge in [0.05, 0.1) is 36.0 Å². The number of aromatic amines is 1. The summed E-state index contributed by atoms with van der Waals surface area (Å²) < 4.78 is 11.3. The second-order valence-corrected chi connectivity index (χ2v) is 11.9. The Balaban J connectivity index is 1.33. The van der Waals surface area contributed by atoms with E-state index in [-0.39, 0.29) is 12.5 Å². The number of amides is 1. The number of benzene rings is 3. The first-order valence-electron chi connectivity index (χ1n) is 14.9. The highest BCUT2D eigenvalue weighted by Gasteiger charge is 2.29. The number of rotatable bonds is 6. The number of nitrogens with one attached hydrogen (secondary N) is 3. The monoisotopic (exact) mass is 605 g/mol. The zero-order valence-corrected chi connectivity index (χ0v) is 25.9. The van der Waals surface area contributed by atoms with Crippen LogP contribution in [0.25, 0.3) is 55.1 Å². The van der Waals surface area contributed by atoms with Crippen molar-refractivity contribution < 1.29 is 19.2 Å². The van der Waals surface area contributed by atoms with Crippen LogP contribution in [0, 0.1) is 20.8 Å². The fraction of sp³-hybridized carbons (Fsp3) is 0.294. The Kier molecular flexibility index (Phi) is 7.03. The van der Waals surface area contributed by atoms with Gasteiger partial charge in [0.1, 0.15) is 28.7 Å². The smallest absolute Gasteiger partial charge is 0.238 e. The van der Waals surface area contributed by atoms with E-state index in [1.807, 2.05) is 68.1 Å². The van der Waals surface area contributed by atoms with Crippen molar-refractivity contribution in [1.29, 1.82) is 0 Å². The first-order valence-corrected chi connectivity index (χ1v) is 14.9. The van der Waals surface area contributed by atoms with Crippen LogP contribution in [0.5, 0.6) is 5.75 Å². The summed E-state index contributed by atoms with van der Waals surface area (Å²) in [5, 5.41) is 24.3. The van der Waals surface area contributed by atoms with Crippen molar-refractivity contribution in [3.8, 4) is 28.1 Å². The Hall–Kier alpha value is -4.84. The number of nitrogens with zero attached hydrogens (tertiary/aromatic N) is 4. The molecule has 4 heterocycles. The summed E-state index contributed by atoms with van der Waals surface area (Å²) in [6.07, 6.45) is 0. The fourth-order valence-corrected chi connectivity index (χ4v) is 6.56. The number of carbonyl (C=O) groups is 1.